The van der Waals surface area contributed by atoms with Gasteiger partial charge in [-0.25, -0.2) is 4.39 Å². The van der Waals surface area contributed by atoms with Crippen molar-refractivity contribution in [3.63, 3.8) is 0 Å². The van der Waals surface area contributed by atoms with Crippen LogP contribution in [0.25, 0.3) is 0 Å². The third-order valence-electron chi connectivity index (χ3n) is 6.08. The number of nitrogens with zero attached hydrogens (tertiary/aromatic N) is 1. The van der Waals surface area contributed by atoms with E-state index in [-0.39, 0.29) is 24.8 Å². The Hall–Kier alpha value is -4.20. The SMILES string of the molecule is COC(=O)CNC(=O)[C@H]1c2ccccc2C(=O)N(Cc2ccc(F)cc2)[C@H]1c1ccc(OC)cc1. The van der Waals surface area contributed by atoms with Crippen molar-refractivity contribution in [2.24, 2.45) is 0 Å². The van der Waals surface area contributed by atoms with Gasteiger partial charge in [-0.3, -0.25) is 14.4 Å². The number of carbonyl (C=O) groups excluding carboxylic acids is 3. The number of fused-ring (bicyclic) bond motifs is 1. The molecule has 3 aromatic carbocycles. The minimum Gasteiger partial charge on any atom is -0.497 e. The molecule has 0 aromatic heterocycles. The highest BCUT2D eigenvalue weighted by atomic mass is 19.1. The molecule has 3 aromatic rings. The highest BCUT2D eigenvalue weighted by Gasteiger charge is 2.44. The van der Waals surface area contributed by atoms with Crippen molar-refractivity contribution < 1.29 is 28.2 Å². The Labute approximate surface area is 202 Å². The molecule has 2 atom stereocenters. The zero-order valence-electron chi connectivity index (χ0n) is 19.4. The van der Waals surface area contributed by atoms with Crippen LogP contribution in [0.2, 0.25) is 0 Å². The first-order chi connectivity index (χ1) is 16.9. The van der Waals surface area contributed by atoms with E-state index >= 15 is 0 Å². The van der Waals surface area contributed by atoms with Crippen LogP contribution >= 0.6 is 0 Å². The van der Waals surface area contributed by atoms with Gasteiger partial charge in [-0.15, -0.1) is 0 Å². The molecule has 0 aliphatic carbocycles. The predicted octanol–water partition coefficient (Wildman–Crippen LogP) is 3.60. The summed E-state index contributed by atoms with van der Waals surface area (Å²) in [5.41, 5.74) is 2.40. The lowest BCUT2D eigenvalue weighted by Crippen LogP contribution is -2.47. The zero-order valence-corrected chi connectivity index (χ0v) is 19.4. The number of amides is 2. The summed E-state index contributed by atoms with van der Waals surface area (Å²) in [4.78, 5) is 40.5. The van der Waals surface area contributed by atoms with Gasteiger partial charge in [0.05, 0.1) is 26.2 Å². The molecule has 0 saturated carbocycles. The fourth-order valence-electron chi connectivity index (χ4n) is 4.35. The molecule has 1 N–H and O–H groups in total. The first kappa shape index (κ1) is 23.9. The average Bonchev–Trinajstić information content (AvgIpc) is 2.89. The molecule has 1 aliphatic heterocycles. The minimum atomic E-state index is -0.803. The maximum absolute atomic E-state index is 13.7. The van der Waals surface area contributed by atoms with Crippen molar-refractivity contribution in [3.8, 4) is 5.75 Å². The molecular weight excluding hydrogens is 451 g/mol. The molecule has 0 bridgehead atoms. The minimum absolute atomic E-state index is 0.158. The van der Waals surface area contributed by atoms with E-state index in [9.17, 15) is 18.8 Å². The number of hydrogen-bond acceptors (Lipinski definition) is 5. The lowest BCUT2D eigenvalue weighted by Gasteiger charge is -2.42. The Morgan fingerprint density at radius 2 is 1.66 bits per heavy atom. The van der Waals surface area contributed by atoms with Crippen molar-refractivity contribution in [1.82, 2.24) is 10.2 Å². The second kappa shape index (κ2) is 10.4. The van der Waals surface area contributed by atoms with Crippen molar-refractivity contribution in [1.29, 1.82) is 0 Å². The molecule has 35 heavy (non-hydrogen) atoms. The zero-order chi connectivity index (χ0) is 24.9. The summed E-state index contributed by atoms with van der Waals surface area (Å²) < 4.78 is 23.4. The van der Waals surface area contributed by atoms with Gasteiger partial charge in [0.15, 0.2) is 0 Å². The van der Waals surface area contributed by atoms with E-state index in [0.29, 0.717) is 28.0 Å². The maximum atomic E-state index is 13.7. The monoisotopic (exact) mass is 476 g/mol. The summed E-state index contributed by atoms with van der Waals surface area (Å²) in [7, 11) is 2.80. The van der Waals surface area contributed by atoms with Gasteiger partial charge in [-0.2, -0.15) is 0 Å². The van der Waals surface area contributed by atoms with E-state index in [2.05, 4.69) is 10.1 Å². The predicted molar refractivity (Wildman–Crippen MR) is 126 cm³/mol. The van der Waals surface area contributed by atoms with Crippen LogP contribution in [0.5, 0.6) is 5.75 Å². The van der Waals surface area contributed by atoms with Crippen molar-refractivity contribution in [2.75, 3.05) is 20.8 Å². The first-order valence-corrected chi connectivity index (χ1v) is 11.1. The van der Waals surface area contributed by atoms with Crippen LogP contribution in [-0.2, 0) is 20.9 Å². The molecule has 180 valence electrons. The second-order valence-electron chi connectivity index (χ2n) is 8.14. The summed E-state index contributed by atoms with van der Waals surface area (Å²) in [6.45, 7) is -0.139. The van der Waals surface area contributed by atoms with E-state index < -0.39 is 23.8 Å². The number of hydrogen-bond donors (Lipinski definition) is 1. The smallest absolute Gasteiger partial charge is 0.325 e. The molecular formula is C27H25FN2O5. The van der Waals surface area contributed by atoms with Crippen LogP contribution in [-0.4, -0.2) is 43.4 Å². The van der Waals surface area contributed by atoms with Gasteiger partial charge in [0.25, 0.3) is 5.91 Å². The van der Waals surface area contributed by atoms with E-state index in [0.717, 1.165) is 0 Å². The van der Waals surface area contributed by atoms with Crippen molar-refractivity contribution >= 4 is 17.8 Å². The largest absolute Gasteiger partial charge is 0.497 e. The van der Waals surface area contributed by atoms with Gasteiger partial charge in [0, 0.05) is 12.1 Å². The van der Waals surface area contributed by atoms with Gasteiger partial charge < -0.3 is 19.7 Å². The fraction of sp³-hybridized carbons (Fsp3) is 0.222. The molecule has 0 spiro atoms. The highest BCUT2D eigenvalue weighted by Crippen LogP contribution is 2.43. The van der Waals surface area contributed by atoms with E-state index in [4.69, 9.17) is 4.74 Å². The molecule has 0 unspecified atom stereocenters. The molecule has 1 aliphatic rings. The number of rotatable bonds is 7. The molecule has 2 amide bonds. The first-order valence-electron chi connectivity index (χ1n) is 11.1. The second-order valence-corrected chi connectivity index (χ2v) is 8.14. The normalized spacial score (nSPS) is 16.9. The number of carbonyl (C=O) groups is 3. The number of esters is 1. The van der Waals surface area contributed by atoms with Crippen LogP contribution in [0, 0.1) is 5.82 Å². The van der Waals surface area contributed by atoms with Gasteiger partial charge in [0.1, 0.15) is 18.1 Å². The maximum Gasteiger partial charge on any atom is 0.325 e. The molecule has 0 radical (unpaired) electrons. The lowest BCUT2D eigenvalue weighted by atomic mass is 9.79. The number of halogens is 1. The van der Waals surface area contributed by atoms with E-state index in [1.807, 2.05) is 12.1 Å². The summed E-state index contributed by atoms with van der Waals surface area (Å²) in [5, 5.41) is 2.65. The summed E-state index contributed by atoms with van der Waals surface area (Å²) in [6.07, 6.45) is 0. The molecule has 1 heterocycles. The third kappa shape index (κ3) is 5.01. The van der Waals surface area contributed by atoms with Crippen molar-refractivity contribution in [2.45, 2.75) is 18.5 Å². The van der Waals surface area contributed by atoms with E-state index in [1.165, 1.54) is 19.2 Å². The number of benzene rings is 3. The van der Waals surface area contributed by atoms with Crippen LogP contribution < -0.4 is 10.1 Å². The van der Waals surface area contributed by atoms with E-state index in [1.54, 1.807) is 60.5 Å². The Morgan fingerprint density at radius 3 is 2.31 bits per heavy atom. The Balaban J connectivity index is 1.82. The van der Waals surface area contributed by atoms with Gasteiger partial charge in [-0.1, -0.05) is 42.5 Å². The Morgan fingerprint density at radius 1 is 0.971 bits per heavy atom. The number of methoxy groups -OCH3 is 2. The molecule has 8 heteroatoms. The van der Waals surface area contributed by atoms with Crippen LogP contribution in [0.15, 0.2) is 72.8 Å². The van der Waals surface area contributed by atoms with Gasteiger partial charge >= 0.3 is 5.97 Å². The standard InChI is InChI=1S/C27H25FN2O5/c1-34-20-13-9-18(10-14-20)25-24(26(32)29-15-23(31)35-2)21-5-3-4-6-22(21)27(33)30(25)16-17-7-11-19(28)12-8-17/h3-14,24-25H,15-16H2,1-2H3,(H,29,32)/t24-,25-/m0/s1. The summed E-state index contributed by atoms with van der Waals surface area (Å²) in [5.74, 6) is -1.79. The Bertz CT molecular complexity index is 1230. The summed E-state index contributed by atoms with van der Waals surface area (Å²) >= 11 is 0. The highest BCUT2D eigenvalue weighted by molar-refractivity contribution is 6.01. The van der Waals surface area contributed by atoms with Gasteiger partial charge in [-0.05, 0) is 47.0 Å². The molecule has 4 rings (SSSR count). The molecule has 0 fully saturated rings. The average molecular weight is 477 g/mol. The Kier molecular flexibility index (Phi) is 7.10. The van der Waals surface area contributed by atoms with Crippen LogP contribution in [0.1, 0.15) is 39.0 Å². The van der Waals surface area contributed by atoms with Crippen LogP contribution in [0.3, 0.4) is 0 Å². The van der Waals surface area contributed by atoms with Gasteiger partial charge in [0.2, 0.25) is 5.91 Å². The third-order valence-corrected chi connectivity index (χ3v) is 6.08. The van der Waals surface area contributed by atoms with Crippen molar-refractivity contribution in [3.05, 3.63) is 101 Å². The quantitative estimate of drug-likeness (QED) is 0.527. The topological polar surface area (TPSA) is 84.9 Å². The number of nitrogens with one attached hydrogen (secondary N) is 1. The lowest BCUT2D eigenvalue weighted by molar-refractivity contribution is -0.141. The molecule has 7 nitrogen and oxygen atoms in total. The van der Waals surface area contributed by atoms with Crippen LogP contribution in [0.4, 0.5) is 4.39 Å². The number of ether oxygens (including phenoxy) is 2. The summed E-state index contributed by atoms with van der Waals surface area (Å²) in [6, 6.07) is 19.3. The fourth-order valence-corrected chi connectivity index (χ4v) is 4.35. The molecule has 0 saturated heterocycles.